The highest BCUT2D eigenvalue weighted by Gasteiger charge is 2.36. The fourth-order valence-electron chi connectivity index (χ4n) is 5.04. The SMILES string of the molecule is C=CCc1ccccc1OCCn1c(C)c(/C=C2\C(=N)N3N=C(COc4ccccc4)SC3=NC2=O)c2ccccc21. The van der Waals surface area contributed by atoms with Crippen molar-refractivity contribution < 1.29 is 14.3 Å². The van der Waals surface area contributed by atoms with E-state index in [4.69, 9.17) is 14.9 Å². The highest BCUT2D eigenvalue weighted by molar-refractivity contribution is 8.27. The van der Waals surface area contributed by atoms with Crippen LogP contribution >= 0.6 is 11.8 Å². The summed E-state index contributed by atoms with van der Waals surface area (Å²) >= 11 is 1.24. The Kier molecular flexibility index (Phi) is 7.74. The molecule has 1 N–H and O–H groups in total. The number of carbonyl (C=O) groups excluding carboxylic acids is 1. The molecule has 6 rings (SSSR count). The summed E-state index contributed by atoms with van der Waals surface area (Å²) in [5.74, 6) is 1.10. The summed E-state index contributed by atoms with van der Waals surface area (Å²) < 4.78 is 14.2. The Bertz CT molecular complexity index is 1790. The molecule has 0 saturated heterocycles. The fourth-order valence-corrected chi connectivity index (χ4v) is 5.84. The molecule has 1 aromatic heterocycles. The van der Waals surface area contributed by atoms with E-state index in [2.05, 4.69) is 27.3 Å². The van der Waals surface area contributed by atoms with E-state index >= 15 is 0 Å². The van der Waals surface area contributed by atoms with Crippen molar-refractivity contribution in [2.75, 3.05) is 13.2 Å². The molecule has 1 amide bonds. The number of benzene rings is 3. The highest BCUT2D eigenvalue weighted by atomic mass is 32.2. The average Bonchev–Trinajstić information content (AvgIpc) is 3.54. The van der Waals surface area contributed by atoms with Gasteiger partial charge in [-0.2, -0.15) is 15.1 Å². The number of hydrazone groups is 1. The molecule has 42 heavy (non-hydrogen) atoms. The van der Waals surface area contributed by atoms with Gasteiger partial charge in [0.25, 0.3) is 5.91 Å². The largest absolute Gasteiger partial charge is 0.491 e. The first-order chi connectivity index (χ1) is 20.5. The van der Waals surface area contributed by atoms with Gasteiger partial charge in [0.05, 0.1) is 12.1 Å². The summed E-state index contributed by atoms with van der Waals surface area (Å²) in [6.07, 6.45) is 4.37. The number of rotatable bonds is 10. The lowest BCUT2D eigenvalue weighted by molar-refractivity contribution is -0.114. The summed E-state index contributed by atoms with van der Waals surface area (Å²) in [5.41, 5.74) is 4.15. The van der Waals surface area contributed by atoms with E-state index in [1.54, 1.807) is 6.08 Å². The van der Waals surface area contributed by atoms with Crippen LogP contribution in [0.3, 0.4) is 0 Å². The van der Waals surface area contributed by atoms with E-state index in [1.807, 2.05) is 85.8 Å². The van der Waals surface area contributed by atoms with Crippen LogP contribution in [0.4, 0.5) is 0 Å². The first-order valence-electron chi connectivity index (χ1n) is 13.6. The van der Waals surface area contributed by atoms with Gasteiger partial charge < -0.3 is 14.0 Å². The molecular formula is C33H29N5O3S. The molecule has 0 radical (unpaired) electrons. The first-order valence-corrected chi connectivity index (χ1v) is 14.4. The van der Waals surface area contributed by atoms with Gasteiger partial charge >= 0.3 is 0 Å². The van der Waals surface area contributed by atoms with Crippen LogP contribution in [-0.4, -0.2) is 44.7 Å². The molecule has 2 aliphatic rings. The number of aliphatic imine (C=N–C) groups is 1. The predicted octanol–water partition coefficient (Wildman–Crippen LogP) is 6.46. The van der Waals surface area contributed by atoms with Crippen LogP contribution in [-0.2, 0) is 17.8 Å². The van der Waals surface area contributed by atoms with E-state index in [1.165, 1.54) is 16.8 Å². The van der Waals surface area contributed by atoms with E-state index in [0.717, 1.165) is 45.6 Å². The minimum absolute atomic E-state index is 0.00870. The van der Waals surface area contributed by atoms with Gasteiger partial charge in [-0.1, -0.05) is 60.7 Å². The number of ether oxygens (including phenoxy) is 2. The van der Waals surface area contributed by atoms with E-state index in [-0.39, 0.29) is 18.0 Å². The van der Waals surface area contributed by atoms with Gasteiger partial charge in [0.2, 0.25) is 5.17 Å². The lowest BCUT2D eigenvalue weighted by Crippen LogP contribution is -2.35. The quantitative estimate of drug-likeness (QED) is 0.173. The number of para-hydroxylation sites is 3. The van der Waals surface area contributed by atoms with Gasteiger partial charge in [-0.15, -0.1) is 6.58 Å². The molecule has 3 aromatic carbocycles. The molecule has 4 aromatic rings. The summed E-state index contributed by atoms with van der Waals surface area (Å²) in [5, 5.41) is 16.8. The van der Waals surface area contributed by atoms with Gasteiger partial charge in [-0.05, 0) is 61.0 Å². The second-order valence-electron chi connectivity index (χ2n) is 9.73. The number of fused-ring (bicyclic) bond motifs is 2. The molecule has 0 fully saturated rings. The number of thioether (sulfide) groups is 1. The molecule has 0 unspecified atom stereocenters. The molecule has 0 spiro atoms. The van der Waals surface area contributed by atoms with Crippen molar-refractivity contribution in [3.63, 3.8) is 0 Å². The van der Waals surface area contributed by atoms with Crippen molar-refractivity contribution in [3.05, 3.63) is 114 Å². The van der Waals surface area contributed by atoms with Crippen molar-refractivity contribution in [3.8, 4) is 11.5 Å². The van der Waals surface area contributed by atoms with Crippen LogP contribution in [0.25, 0.3) is 17.0 Å². The first kappa shape index (κ1) is 27.3. The molecule has 210 valence electrons. The second-order valence-corrected chi connectivity index (χ2v) is 10.8. The Morgan fingerprint density at radius 1 is 1.00 bits per heavy atom. The van der Waals surface area contributed by atoms with Gasteiger partial charge in [0.1, 0.15) is 29.8 Å². The van der Waals surface area contributed by atoms with E-state index < -0.39 is 5.91 Å². The van der Waals surface area contributed by atoms with Crippen molar-refractivity contribution >= 4 is 50.7 Å². The van der Waals surface area contributed by atoms with Crippen molar-refractivity contribution in [1.82, 2.24) is 9.58 Å². The van der Waals surface area contributed by atoms with Crippen LogP contribution in [0.5, 0.6) is 11.5 Å². The third-order valence-electron chi connectivity index (χ3n) is 7.08. The van der Waals surface area contributed by atoms with Crippen molar-refractivity contribution in [1.29, 1.82) is 5.41 Å². The van der Waals surface area contributed by atoms with Crippen molar-refractivity contribution in [2.24, 2.45) is 10.1 Å². The number of aromatic nitrogens is 1. The van der Waals surface area contributed by atoms with Crippen LogP contribution in [0.2, 0.25) is 0 Å². The second kappa shape index (κ2) is 11.9. The Morgan fingerprint density at radius 2 is 1.76 bits per heavy atom. The molecule has 8 nitrogen and oxygen atoms in total. The molecule has 0 bridgehead atoms. The Hall–Kier alpha value is -4.89. The Morgan fingerprint density at radius 3 is 2.60 bits per heavy atom. The van der Waals surface area contributed by atoms with Gasteiger partial charge in [-0.3, -0.25) is 10.2 Å². The Labute approximate surface area is 248 Å². The topological polar surface area (TPSA) is 92.3 Å². The standard InChI is InChI=1S/C33H29N5O3S/c1-3-11-23-12-7-10-17-29(23)40-19-18-37-22(2)26(25-15-8-9-16-28(25)37)20-27-31(34)38-33(35-32(27)39)42-30(36-38)21-41-24-13-5-4-6-14-24/h3-10,12-17,20,34H,1,11,18-19,21H2,2H3/b27-20+,34-31?. The van der Waals surface area contributed by atoms with Crippen LogP contribution < -0.4 is 9.47 Å². The monoisotopic (exact) mass is 575 g/mol. The van der Waals surface area contributed by atoms with E-state index in [0.29, 0.717) is 23.4 Å². The normalized spacial score (nSPS) is 15.5. The summed E-state index contributed by atoms with van der Waals surface area (Å²) in [4.78, 5) is 17.4. The molecule has 3 heterocycles. The predicted molar refractivity (Wildman–Crippen MR) is 169 cm³/mol. The fraction of sp³-hybridized carbons (Fsp3) is 0.152. The molecular weight excluding hydrogens is 546 g/mol. The van der Waals surface area contributed by atoms with Crippen LogP contribution in [0.15, 0.2) is 107 Å². The van der Waals surface area contributed by atoms with Crippen LogP contribution in [0.1, 0.15) is 16.8 Å². The number of hydrogen-bond acceptors (Lipinski definition) is 6. The zero-order valence-electron chi connectivity index (χ0n) is 23.1. The number of nitrogens with zero attached hydrogens (tertiary/aromatic N) is 4. The third kappa shape index (κ3) is 5.38. The molecule has 0 atom stereocenters. The smallest absolute Gasteiger partial charge is 0.283 e. The summed E-state index contributed by atoms with van der Waals surface area (Å²) in [6.45, 7) is 7.17. The zero-order chi connectivity index (χ0) is 29.1. The minimum atomic E-state index is -0.461. The number of amides is 1. The maximum Gasteiger partial charge on any atom is 0.283 e. The number of amidine groups is 2. The lowest BCUT2D eigenvalue weighted by Gasteiger charge is -2.20. The zero-order valence-corrected chi connectivity index (χ0v) is 23.9. The maximum absolute atomic E-state index is 13.2. The number of carbonyl (C=O) groups is 1. The number of allylic oxidation sites excluding steroid dienone is 1. The number of hydrogen-bond donors (Lipinski definition) is 1. The van der Waals surface area contributed by atoms with Gasteiger partial charge in [0.15, 0.2) is 5.84 Å². The van der Waals surface area contributed by atoms with E-state index in [9.17, 15) is 4.79 Å². The summed E-state index contributed by atoms with van der Waals surface area (Å²) in [6, 6.07) is 25.5. The number of nitrogens with one attached hydrogen (secondary N) is 1. The molecule has 9 heteroatoms. The van der Waals surface area contributed by atoms with Crippen molar-refractivity contribution in [2.45, 2.75) is 19.9 Å². The maximum atomic E-state index is 13.2. The molecule has 2 aliphatic heterocycles. The summed E-state index contributed by atoms with van der Waals surface area (Å²) in [7, 11) is 0. The van der Waals surface area contributed by atoms with Gasteiger partial charge in [-0.25, -0.2) is 0 Å². The van der Waals surface area contributed by atoms with Gasteiger partial charge in [0, 0.05) is 22.2 Å². The minimum Gasteiger partial charge on any atom is -0.491 e. The highest BCUT2D eigenvalue weighted by Crippen LogP contribution is 2.32. The average molecular weight is 576 g/mol. The Balaban J connectivity index is 1.24. The molecule has 0 saturated carbocycles. The lowest BCUT2D eigenvalue weighted by atomic mass is 10.1. The molecule has 0 aliphatic carbocycles. The third-order valence-corrected chi connectivity index (χ3v) is 7.96. The van der Waals surface area contributed by atoms with Crippen LogP contribution in [0, 0.1) is 12.3 Å².